The number of H-pyrrole nitrogens is 1. The maximum atomic E-state index is 12.8. The van der Waals surface area contributed by atoms with Crippen molar-refractivity contribution in [3.63, 3.8) is 0 Å². The molecule has 2 aliphatic heterocycles. The van der Waals surface area contributed by atoms with Crippen LogP contribution in [0.25, 0.3) is 0 Å². The fourth-order valence-electron chi connectivity index (χ4n) is 3.59. The smallest absolute Gasteiger partial charge is 0.274 e. The van der Waals surface area contributed by atoms with Crippen LogP contribution in [0.5, 0.6) is 0 Å². The van der Waals surface area contributed by atoms with Crippen molar-refractivity contribution in [1.82, 2.24) is 24.9 Å². The first-order valence-corrected chi connectivity index (χ1v) is 7.91. The van der Waals surface area contributed by atoms with Gasteiger partial charge >= 0.3 is 0 Å². The Morgan fingerprint density at radius 3 is 2.91 bits per heavy atom. The Morgan fingerprint density at radius 1 is 1.48 bits per heavy atom. The van der Waals surface area contributed by atoms with E-state index >= 15 is 0 Å². The van der Waals surface area contributed by atoms with E-state index in [4.69, 9.17) is 0 Å². The van der Waals surface area contributed by atoms with Crippen molar-refractivity contribution in [2.45, 2.75) is 18.9 Å². The molecule has 2 saturated heterocycles. The highest BCUT2D eigenvalue weighted by Gasteiger charge is 2.53. The van der Waals surface area contributed by atoms with Gasteiger partial charge in [0.1, 0.15) is 11.2 Å². The molecule has 0 aliphatic carbocycles. The molecule has 124 valence electrons. The van der Waals surface area contributed by atoms with Gasteiger partial charge in [-0.15, -0.1) is 6.58 Å². The molecule has 1 N–H and O–H groups in total. The van der Waals surface area contributed by atoms with Crippen LogP contribution in [-0.4, -0.2) is 82.0 Å². The molecule has 23 heavy (non-hydrogen) atoms. The molecule has 0 radical (unpaired) electrons. The summed E-state index contributed by atoms with van der Waals surface area (Å²) in [6, 6.07) is 1.74. The summed E-state index contributed by atoms with van der Waals surface area (Å²) in [7, 11) is 1.83. The van der Waals surface area contributed by atoms with Crippen LogP contribution >= 0.6 is 0 Å². The van der Waals surface area contributed by atoms with Gasteiger partial charge < -0.3 is 9.80 Å². The summed E-state index contributed by atoms with van der Waals surface area (Å²) < 4.78 is 0. The molecule has 0 saturated carbocycles. The highest BCUT2D eigenvalue weighted by molar-refractivity contribution is 5.95. The molecule has 7 nitrogen and oxygen atoms in total. The molecule has 1 atom stereocenters. The van der Waals surface area contributed by atoms with E-state index in [0.29, 0.717) is 38.3 Å². The van der Waals surface area contributed by atoms with E-state index in [-0.39, 0.29) is 11.8 Å². The summed E-state index contributed by atoms with van der Waals surface area (Å²) >= 11 is 0. The molecule has 0 aromatic carbocycles. The van der Waals surface area contributed by atoms with Gasteiger partial charge in [-0.25, -0.2) is 0 Å². The molecule has 3 heterocycles. The predicted molar refractivity (Wildman–Crippen MR) is 86.0 cm³/mol. The fourth-order valence-corrected chi connectivity index (χ4v) is 3.59. The zero-order valence-electron chi connectivity index (χ0n) is 13.7. The number of aryl methyl sites for hydroxylation is 1. The zero-order chi connectivity index (χ0) is 16.6. The molecule has 0 bridgehead atoms. The van der Waals surface area contributed by atoms with E-state index in [1.165, 1.54) is 0 Å². The molecule has 3 rings (SSSR count). The Balaban J connectivity index is 1.83. The Hall–Kier alpha value is -2.15. The number of nitrogens with one attached hydrogen (secondary N) is 1. The number of nitrogens with zero attached hydrogens (tertiary/aromatic N) is 4. The number of hydrogen-bond acceptors (Lipinski definition) is 4. The first kappa shape index (κ1) is 15.7. The van der Waals surface area contributed by atoms with Crippen molar-refractivity contribution in [3.05, 3.63) is 30.1 Å². The topological polar surface area (TPSA) is 72.5 Å². The summed E-state index contributed by atoms with van der Waals surface area (Å²) in [5.41, 5.74) is 0.637. The van der Waals surface area contributed by atoms with Crippen LogP contribution in [0.3, 0.4) is 0 Å². The second-order valence-electron chi connectivity index (χ2n) is 6.41. The Kier molecular flexibility index (Phi) is 3.97. The monoisotopic (exact) mass is 317 g/mol. The van der Waals surface area contributed by atoms with Gasteiger partial charge in [0.25, 0.3) is 5.91 Å². The number of aromatic amines is 1. The number of amides is 2. The van der Waals surface area contributed by atoms with Gasteiger partial charge in [0.15, 0.2) is 0 Å². The molecule has 7 heteroatoms. The van der Waals surface area contributed by atoms with Gasteiger partial charge in [0, 0.05) is 45.5 Å². The minimum Gasteiger partial charge on any atom is -0.343 e. The number of likely N-dealkylation sites (N-methyl/N-ethyl adjacent to an activating group) is 1. The highest BCUT2D eigenvalue weighted by atomic mass is 16.2. The van der Waals surface area contributed by atoms with Crippen LogP contribution in [0.4, 0.5) is 0 Å². The van der Waals surface area contributed by atoms with Crippen molar-refractivity contribution in [2.75, 3.05) is 39.8 Å². The SMILES string of the molecule is C=CCN1CCN(C)C(=O)C12CCN(C(=O)c1cc(C)[nH]n1)C2. The average Bonchev–Trinajstić information content (AvgIpc) is 3.15. The summed E-state index contributed by atoms with van der Waals surface area (Å²) in [6.45, 7) is 8.81. The predicted octanol–water partition coefficient (Wildman–Crippen LogP) is 0.263. The van der Waals surface area contributed by atoms with Gasteiger partial charge in [-0.05, 0) is 19.4 Å². The van der Waals surface area contributed by atoms with E-state index in [9.17, 15) is 9.59 Å². The summed E-state index contributed by atoms with van der Waals surface area (Å²) in [4.78, 5) is 31.1. The number of carbonyl (C=O) groups is 2. The maximum Gasteiger partial charge on any atom is 0.274 e. The van der Waals surface area contributed by atoms with Crippen molar-refractivity contribution in [3.8, 4) is 0 Å². The van der Waals surface area contributed by atoms with E-state index in [1.54, 1.807) is 15.9 Å². The van der Waals surface area contributed by atoms with Crippen LogP contribution in [0.1, 0.15) is 22.6 Å². The van der Waals surface area contributed by atoms with Gasteiger partial charge in [-0.1, -0.05) is 6.08 Å². The molecular weight excluding hydrogens is 294 g/mol. The summed E-state index contributed by atoms with van der Waals surface area (Å²) in [5, 5.41) is 6.83. The summed E-state index contributed by atoms with van der Waals surface area (Å²) in [5.74, 6) is -0.0232. The second-order valence-corrected chi connectivity index (χ2v) is 6.41. The van der Waals surface area contributed by atoms with Crippen LogP contribution in [0, 0.1) is 6.92 Å². The third kappa shape index (κ3) is 2.55. The number of likely N-dealkylation sites (tertiary alicyclic amines) is 1. The van der Waals surface area contributed by atoms with Crippen molar-refractivity contribution < 1.29 is 9.59 Å². The Bertz CT molecular complexity index is 640. The van der Waals surface area contributed by atoms with Crippen molar-refractivity contribution in [2.24, 2.45) is 0 Å². The van der Waals surface area contributed by atoms with Gasteiger partial charge in [0.05, 0.1) is 0 Å². The van der Waals surface area contributed by atoms with Crippen LogP contribution in [0.15, 0.2) is 18.7 Å². The number of hydrogen-bond donors (Lipinski definition) is 1. The Labute approximate surface area is 135 Å². The maximum absolute atomic E-state index is 12.8. The highest BCUT2D eigenvalue weighted by Crippen LogP contribution is 2.33. The quantitative estimate of drug-likeness (QED) is 0.812. The molecule has 2 fully saturated rings. The van der Waals surface area contributed by atoms with Crippen molar-refractivity contribution in [1.29, 1.82) is 0 Å². The zero-order valence-corrected chi connectivity index (χ0v) is 13.7. The molecule has 1 aromatic heterocycles. The first-order valence-electron chi connectivity index (χ1n) is 7.91. The molecular formula is C16H23N5O2. The second kappa shape index (κ2) is 5.81. The standard InChI is InChI=1S/C16H23N5O2/c1-4-6-21-9-8-19(3)15(23)16(21)5-7-20(11-16)14(22)13-10-12(2)17-18-13/h4,10H,1,5-9,11H2,2-3H3,(H,17,18). The third-order valence-electron chi connectivity index (χ3n) is 4.86. The van der Waals surface area contributed by atoms with E-state index < -0.39 is 5.54 Å². The third-order valence-corrected chi connectivity index (χ3v) is 4.86. The number of rotatable bonds is 3. The minimum absolute atomic E-state index is 0.0964. The molecule has 1 aromatic rings. The van der Waals surface area contributed by atoms with Crippen LogP contribution in [0.2, 0.25) is 0 Å². The summed E-state index contributed by atoms with van der Waals surface area (Å²) in [6.07, 6.45) is 2.47. The van der Waals surface area contributed by atoms with Crippen molar-refractivity contribution >= 4 is 11.8 Å². The van der Waals surface area contributed by atoms with Gasteiger partial charge in [0.2, 0.25) is 5.91 Å². The lowest BCUT2D eigenvalue weighted by atomic mass is 9.91. The number of piperazine rings is 1. The minimum atomic E-state index is -0.623. The lowest BCUT2D eigenvalue weighted by molar-refractivity contribution is -0.148. The fraction of sp³-hybridized carbons (Fsp3) is 0.562. The lowest BCUT2D eigenvalue weighted by Crippen LogP contribution is -2.66. The lowest BCUT2D eigenvalue weighted by Gasteiger charge is -2.46. The van der Waals surface area contributed by atoms with E-state index in [0.717, 1.165) is 12.2 Å². The average molecular weight is 317 g/mol. The first-order chi connectivity index (χ1) is 11.0. The Morgan fingerprint density at radius 2 is 2.26 bits per heavy atom. The van der Waals surface area contributed by atoms with Crippen LogP contribution < -0.4 is 0 Å². The van der Waals surface area contributed by atoms with Gasteiger partial charge in [-0.3, -0.25) is 19.6 Å². The normalized spacial score (nSPS) is 25.4. The number of carbonyl (C=O) groups excluding carboxylic acids is 2. The molecule has 1 spiro atoms. The van der Waals surface area contributed by atoms with E-state index in [1.807, 2.05) is 20.0 Å². The van der Waals surface area contributed by atoms with E-state index in [2.05, 4.69) is 21.7 Å². The van der Waals surface area contributed by atoms with Crippen LogP contribution in [-0.2, 0) is 4.79 Å². The number of aromatic nitrogens is 2. The van der Waals surface area contributed by atoms with Gasteiger partial charge in [-0.2, -0.15) is 5.10 Å². The molecule has 2 amide bonds. The molecule has 1 unspecified atom stereocenters. The molecule has 2 aliphatic rings. The largest absolute Gasteiger partial charge is 0.343 e.